The molecule has 2 aliphatic heterocycles. The summed E-state index contributed by atoms with van der Waals surface area (Å²) in [7, 11) is -4.14. The summed E-state index contributed by atoms with van der Waals surface area (Å²) in [6.45, 7) is 10.1. The number of carboxylic acids is 1. The number of aromatic carboxylic acids is 1. The molecule has 1 aliphatic carbocycles. The molecule has 3 aliphatic rings. The molecule has 0 radical (unpaired) electrons. The molecule has 5 aromatic rings. The number of fused-ring (bicyclic) bond motifs is 6. The molecule has 0 spiro atoms. The van der Waals surface area contributed by atoms with Gasteiger partial charge in [-0.1, -0.05) is 97.8 Å². The van der Waals surface area contributed by atoms with Gasteiger partial charge < -0.3 is 10.0 Å². The van der Waals surface area contributed by atoms with Crippen LogP contribution in [0.1, 0.15) is 80.4 Å². The number of rotatable bonds is 15. The molecule has 62 heavy (non-hydrogen) atoms. The van der Waals surface area contributed by atoms with E-state index in [1.165, 1.54) is 21.9 Å². The van der Waals surface area contributed by atoms with Crippen molar-refractivity contribution in [1.82, 2.24) is 0 Å². The minimum absolute atomic E-state index is 0.216. The van der Waals surface area contributed by atoms with E-state index < -0.39 is 21.5 Å². The maximum absolute atomic E-state index is 11.9. The molecule has 2 heterocycles. The van der Waals surface area contributed by atoms with Gasteiger partial charge in [-0.25, -0.2) is 10.1 Å². The quantitative estimate of drug-likeness (QED) is 0.0233. The van der Waals surface area contributed by atoms with E-state index in [-0.39, 0.29) is 23.2 Å². The molecular formula is C50H51N2O8S2+. The van der Waals surface area contributed by atoms with Gasteiger partial charge in [0.2, 0.25) is 5.69 Å². The molecule has 5 aromatic carbocycles. The molecule has 0 saturated heterocycles. The smallest absolute Gasteiger partial charge is 0.335 e. The fourth-order valence-corrected chi connectivity index (χ4v) is 10.7. The second-order valence-electron chi connectivity index (χ2n) is 17.1. The van der Waals surface area contributed by atoms with Crippen LogP contribution in [0, 0.1) is 0 Å². The van der Waals surface area contributed by atoms with Crippen LogP contribution in [0.3, 0.4) is 0 Å². The zero-order chi connectivity index (χ0) is 43.8. The van der Waals surface area contributed by atoms with Crippen molar-refractivity contribution in [3.63, 3.8) is 0 Å². The molecule has 0 bridgehead atoms. The molecule has 0 unspecified atom stereocenters. The Morgan fingerprint density at radius 2 is 1.50 bits per heavy atom. The van der Waals surface area contributed by atoms with Gasteiger partial charge in [0.05, 0.1) is 16.7 Å². The van der Waals surface area contributed by atoms with E-state index in [4.69, 9.17) is 5.26 Å². The summed E-state index contributed by atoms with van der Waals surface area (Å²) in [4.78, 5) is 14.1. The van der Waals surface area contributed by atoms with Crippen LogP contribution in [0.2, 0.25) is 0 Å². The van der Waals surface area contributed by atoms with Crippen LogP contribution >= 0.6 is 12.0 Å². The number of carbonyl (C=O) groups is 1. The summed E-state index contributed by atoms with van der Waals surface area (Å²) in [5, 5.41) is 26.9. The second kappa shape index (κ2) is 17.4. The molecule has 10 nitrogen and oxygen atoms in total. The van der Waals surface area contributed by atoms with E-state index in [1.54, 1.807) is 12.1 Å². The normalized spacial score (nSPS) is 18.3. The van der Waals surface area contributed by atoms with E-state index in [0.29, 0.717) is 18.8 Å². The number of nitrogens with zero attached hydrogens (tertiary/aromatic N) is 2. The van der Waals surface area contributed by atoms with E-state index in [1.807, 2.05) is 24.3 Å². The summed E-state index contributed by atoms with van der Waals surface area (Å²) in [6, 6.07) is 32.5. The molecule has 0 aromatic heterocycles. The van der Waals surface area contributed by atoms with Gasteiger partial charge in [-0.3, -0.25) is 4.55 Å². The lowest BCUT2D eigenvalue weighted by Gasteiger charge is -2.27. The highest BCUT2D eigenvalue weighted by Gasteiger charge is 2.46. The number of anilines is 1. The first-order valence-electron chi connectivity index (χ1n) is 20.9. The second-order valence-corrected chi connectivity index (χ2v) is 19.5. The van der Waals surface area contributed by atoms with Gasteiger partial charge in [0.15, 0.2) is 5.71 Å². The van der Waals surface area contributed by atoms with Gasteiger partial charge in [0.1, 0.15) is 6.54 Å². The van der Waals surface area contributed by atoms with E-state index in [0.717, 1.165) is 87.1 Å². The maximum atomic E-state index is 11.9. The van der Waals surface area contributed by atoms with Crippen molar-refractivity contribution in [3.8, 4) is 0 Å². The third kappa shape index (κ3) is 8.31. The van der Waals surface area contributed by atoms with Gasteiger partial charge >= 0.3 is 5.97 Å². The van der Waals surface area contributed by atoms with Crippen molar-refractivity contribution in [1.29, 1.82) is 0 Å². The van der Waals surface area contributed by atoms with Gasteiger partial charge in [0, 0.05) is 65.3 Å². The van der Waals surface area contributed by atoms with Crippen molar-refractivity contribution in [2.75, 3.05) is 29.5 Å². The SMILES string of the molecule is CC1(C)C(/C=C/C2=C(c3ccc(C(=O)O)cc3)C(=C/C=C3/N(CCCS(=O)(=O)O)c4ccc5ccccc5c4C3(C)C)/CC2)=[N+](CCCSOOO)c2ccc3ccccc3c21. The third-order valence-electron chi connectivity index (χ3n) is 12.6. The Morgan fingerprint density at radius 3 is 2.18 bits per heavy atom. The van der Waals surface area contributed by atoms with Crippen molar-refractivity contribution < 1.29 is 42.1 Å². The lowest BCUT2D eigenvalue weighted by Crippen LogP contribution is -2.28. The van der Waals surface area contributed by atoms with Crippen LogP contribution in [0.5, 0.6) is 0 Å². The summed E-state index contributed by atoms with van der Waals surface area (Å²) in [5.74, 6) is -0.710. The minimum Gasteiger partial charge on any atom is -0.478 e. The first-order valence-corrected chi connectivity index (χ1v) is 23.4. The summed E-state index contributed by atoms with van der Waals surface area (Å²) >= 11 is 1.05. The molecule has 0 atom stereocenters. The van der Waals surface area contributed by atoms with Gasteiger partial charge in [-0.05, 0) is 113 Å². The molecule has 0 fully saturated rings. The molecule has 0 amide bonds. The first-order chi connectivity index (χ1) is 29.7. The number of hydrogen-bond acceptors (Lipinski definition) is 8. The largest absolute Gasteiger partial charge is 0.478 e. The Kier molecular flexibility index (Phi) is 12.2. The molecular weight excluding hydrogens is 821 g/mol. The van der Waals surface area contributed by atoms with Gasteiger partial charge in [0.25, 0.3) is 10.1 Å². The molecule has 3 N–H and O–H groups in total. The average Bonchev–Trinajstić information content (AvgIpc) is 3.82. The summed E-state index contributed by atoms with van der Waals surface area (Å²) in [6.07, 6.45) is 11.4. The van der Waals surface area contributed by atoms with Gasteiger partial charge in [-0.15, -0.1) is 4.33 Å². The number of allylic oxidation sites excluding steroid dienone is 8. The molecule has 320 valence electrons. The zero-order valence-electron chi connectivity index (χ0n) is 35.3. The highest BCUT2D eigenvalue weighted by molar-refractivity contribution is 7.94. The lowest BCUT2D eigenvalue weighted by atomic mass is 9.79. The van der Waals surface area contributed by atoms with Crippen LogP contribution < -0.4 is 4.90 Å². The van der Waals surface area contributed by atoms with E-state index in [2.05, 4.69) is 132 Å². The number of benzene rings is 5. The predicted molar refractivity (Wildman–Crippen MR) is 249 cm³/mol. The Morgan fingerprint density at radius 1 is 0.823 bits per heavy atom. The van der Waals surface area contributed by atoms with Crippen molar-refractivity contribution in [2.24, 2.45) is 0 Å². The van der Waals surface area contributed by atoms with Crippen molar-refractivity contribution >= 4 is 72.3 Å². The lowest BCUT2D eigenvalue weighted by molar-refractivity contribution is -0.438. The number of hydrogen-bond donors (Lipinski definition) is 3. The zero-order valence-corrected chi connectivity index (χ0v) is 36.9. The maximum Gasteiger partial charge on any atom is 0.335 e. The van der Waals surface area contributed by atoms with Crippen LogP contribution in [0.4, 0.5) is 11.4 Å². The Balaban J connectivity index is 1.24. The van der Waals surface area contributed by atoms with Crippen LogP contribution in [0.25, 0.3) is 27.1 Å². The monoisotopic (exact) mass is 871 g/mol. The highest BCUT2D eigenvalue weighted by Crippen LogP contribution is 2.51. The van der Waals surface area contributed by atoms with Crippen LogP contribution in [-0.4, -0.2) is 64.2 Å². The standard InChI is InChI=1S/C50H50N2O8S2/c1-49(2)43(51(29-9-31-61-60-59-55)41-25-21-33-11-5-7-13-39(33)46(41)49)27-23-36-15-16-37(45(36)35-17-19-38(20-18-35)48(53)54)24-28-44-50(3,4)47-40-14-8-6-12-34(40)22-26-42(47)52(44)30-10-32-62(56,57)58/h5-8,11-14,17-28H,9-10,15-16,29-32H2,1-4H3,(H2-,53,54,55,56,57,58)/p+1. The minimum atomic E-state index is -4.14. The predicted octanol–water partition coefficient (Wildman–Crippen LogP) is 11.2. The summed E-state index contributed by atoms with van der Waals surface area (Å²) in [5.41, 5.74) is 10.4. The third-order valence-corrected chi connectivity index (χ3v) is 14.0. The van der Waals surface area contributed by atoms with E-state index in [9.17, 15) is 22.9 Å². The fraction of sp³-hybridized carbons (Fsp3) is 0.280. The topological polar surface area (TPSA) is 137 Å². The highest BCUT2D eigenvalue weighted by atomic mass is 32.2. The molecule has 12 heteroatoms. The Labute approximate surface area is 367 Å². The van der Waals surface area contributed by atoms with Crippen LogP contribution in [-0.2, 0) is 30.3 Å². The summed E-state index contributed by atoms with van der Waals surface area (Å²) < 4.78 is 40.3. The van der Waals surface area contributed by atoms with Gasteiger partial charge in [-0.2, -0.15) is 13.0 Å². The Hall–Kier alpha value is -5.34. The van der Waals surface area contributed by atoms with Crippen molar-refractivity contribution in [2.45, 2.75) is 64.2 Å². The molecule has 8 rings (SSSR count). The number of carboxylic acid groups (broad SMARTS) is 1. The Bertz CT molecular complexity index is 2850. The average molecular weight is 872 g/mol. The van der Waals surface area contributed by atoms with Crippen molar-refractivity contribution in [3.05, 3.63) is 160 Å². The fourth-order valence-electron chi connectivity index (χ4n) is 9.86. The molecule has 0 saturated carbocycles. The van der Waals surface area contributed by atoms with E-state index >= 15 is 0 Å². The van der Waals surface area contributed by atoms with Crippen LogP contribution in [0.15, 0.2) is 138 Å². The first kappa shape index (κ1) is 43.3.